The average molecular weight is 270 g/mol. The van der Waals surface area contributed by atoms with Gasteiger partial charge in [-0.3, -0.25) is 14.6 Å². The first-order valence-electron chi connectivity index (χ1n) is 6.03. The number of anilines is 2. The zero-order valence-electron chi connectivity index (χ0n) is 11.2. The molecule has 0 aliphatic rings. The highest BCUT2D eigenvalue weighted by atomic mass is 16.2. The number of carbonyl (C=O) groups excluding carboxylic acids is 2. The molecule has 1 heterocycles. The van der Waals surface area contributed by atoms with E-state index in [2.05, 4.69) is 20.6 Å². The fourth-order valence-electron chi connectivity index (χ4n) is 1.62. The number of hydrogen-bond donors (Lipinski definition) is 2. The molecule has 0 aliphatic heterocycles. The number of para-hydroxylation sites is 1. The van der Waals surface area contributed by atoms with Gasteiger partial charge in [0.15, 0.2) is 5.82 Å². The first-order chi connectivity index (χ1) is 9.56. The summed E-state index contributed by atoms with van der Waals surface area (Å²) in [5.74, 6) is -0.230. The number of nitrogens with zero attached hydrogens (tertiary/aromatic N) is 2. The van der Waals surface area contributed by atoms with Crippen LogP contribution < -0.4 is 10.6 Å². The second-order valence-corrected chi connectivity index (χ2v) is 4.22. The summed E-state index contributed by atoms with van der Waals surface area (Å²) in [5.41, 5.74) is 1.59. The van der Waals surface area contributed by atoms with E-state index >= 15 is 0 Å². The molecule has 20 heavy (non-hydrogen) atoms. The molecule has 0 bridgehead atoms. The highest BCUT2D eigenvalue weighted by Gasteiger charge is 2.12. The number of aromatic nitrogens is 2. The predicted octanol–water partition coefficient (Wildman–Crippen LogP) is 2.00. The van der Waals surface area contributed by atoms with Crippen molar-refractivity contribution in [3.8, 4) is 0 Å². The van der Waals surface area contributed by atoms with Gasteiger partial charge in [-0.2, -0.15) is 0 Å². The van der Waals surface area contributed by atoms with E-state index in [1.165, 1.54) is 13.1 Å². The molecule has 6 nitrogen and oxygen atoms in total. The van der Waals surface area contributed by atoms with Gasteiger partial charge in [-0.05, 0) is 19.1 Å². The van der Waals surface area contributed by atoms with Gasteiger partial charge in [-0.25, -0.2) is 4.98 Å². The van der Waals surface area contributed by atoms with Crippen molar-refractivity contribution in [1.29, 1.82) is 0 Å². The Bertz CT molecular complexity index is 638. The van der Waals surface area contributed by atoms with Crippen LogP contribution in [0.15, 0.2) is 36.7 Å². The summed E-state index contributed by atoms with van der Waals surface area (Å²) < 4.78 is 0. The first-order valence-corrected chi connectivity index (χ1v) is 6.03. The predicted molar refractivity (Wildman–Crippen MR) is 75.5 cm³/mol. The molecule has 2 rings (SSSR count). The molecule has 0 fully saturated rings. The number of carbonyl (C=O) groups is 2. The Morgan fingerprint density at radius 2 is 1.80 bits per heavy atom. The van der Waals surface area contributed by atoms with E-state index < -0.39 is 0 Å². The molecule has 0 atom stereocenters. The van der Waals surface area contributed by atoms with E-state index in [9.17, 15) is 9.59 Å². The average Bonchev–Trinajstić information content (AvgIpc) is 2.41. The van der Waals surface area contributed by atoms with Crippen LogP contribution in [0, 0.1) is 6.92 Å². The fourth-order valence-corrected chi connectivity index (χ4v) is 1.62. The maximum atomic E-state index is 12.2. The van der Waals surface area contributed by atoms with Crippen molar-refractivity contribution in [1.82, 2.24) is 9.97 Å². The summed E-state index contributed by atoms with van der Waals surface area (Å²) in [4.78, 5) is 31.4. The maximum Gasteiger partial charge on any atom is 0.258 e. The summed E-state index contributed by atoms with van der Waals surface area (Å²) in [5, 5.41) is 5.25. The summed E-state index contributed by atoms with van der Waals surface area (Å²) in [6.45, 7) is 3.20. The summed E-state index contributed by atoms with van der Waals surface area (Å²) in [7, 11) is 0. The number of rotatable bonds is 3. The van der Waals surface area contributed by atoms with Gasteiger partial charge in [0.1, 0.15) is 0 Å². The van der Waals surface area contributed by atoms with Crippen molar-refractivity contribution in [3.05, 3.63) is 47.9 Å². The summed E-state index contributed by atoms with van der Waals surface area (Å²) in [6.07, 6.45) is 3.05. The van der Waals surface area contributed by atoms with Gasteiger partial charge in [0, 0.05) is 6.92 Å². The van der Waals surface area contributed by atoms with Crippen LogP contribution in [-0.4, -0.2) is 21.8 Å². The van der Waals surface area contributed by atoms with E-state index in [0.717, 1.165) is 5.69 Å². The Hall–Kier alpha value is -2.76. The standard InChI is InChI=1S/C14H14N4O2/c1-9-7-16-13(8-15-9)18-14(20)11-5-3-4-6-12(11)17-10(2)19/h3-8H,1-2H3,(H,17,19)(H,16,18,20). The molecule has 0 spiro atoms. The van der Waals surface area contributed by atoms with Crippen molar-refractivity contribution in [2.24, 2.45) is 0 Å². The Morgan fingerprint density at radius 3 is 2.45 bits per heavy atom. The summed E-state index contributed by atoms with van der Waals surface area (Å²) in [6, 6.07) is 6.76. The molecule has 1 aromatic carbocycles. The van der Waals surface area contributed by atoms with Crippen molar-refractivity contribution in [2.75, 3.05) is 10.6 Å². The highest BCUT2D eigenvalue weighted by molar-refractivity contribution is 6.09. The van der Waals surface area contributed by atoms with Crippen LogP contribution >= 0.6 is 0 Å². The third-order valence-electron chi connectivity index (χ3n) is 2.50. The first kappa shape index (κ1) is 13.7. The molecule has 0 saturated heterocycles. The Kier molecular flexibility index (Phi) is 4.05. The van der Waals surface area contributed by atoms with Crippen molar-refractivity contribution >= 4 is 23.3 Å². The Labute approximate surface area is 116 Å². The number of aryl methyl sites for hydroxylation is 1. The quantitative estimate of drug-likeness (QED) is 0.893. The highest BCUT2D eigenvalue weighted by Crippen LogP contribution is 2.16. The Balaban J connectivity index is 2.20. The molecule has 6 heteroatoms. The van der Waals surface area contributed by atoms with Gasteiger partial charge >= 0.3 is 0 Å². The molecule has 2 N–H and O–H groups in total. The number of hydrogen-bond acceptors (Lipinski definition) is 4. The van der Waals surface area contributed by atoms with Crippen LogP contribution in [0.1, 0.15) is 23.0 Å². The molecule has 1 aromatic heterocycles. The van der Waals surface area contributed by atoms with E-state index in [1.807, 2.05) is 6.92 Å². The zero-order chi connectivity index (χ0) is 14.5. The molecule has 0 aliphatic carbocycles. The minimum atomic E-state index is -0.354. The van der Waals surface area contributed by atoms with Crippen LogP contribution in [0.25, 0.3) is 0 Å². The van der Waals surface area contributed by atoms with Crippen LogP contribution in [0.5, 0.6) is 0 Å². The monoisotopic (exact) mass is 270 g/mol. The van der Waals surface area contributed by atoms with Gasteiger partial charge < -0.3 is 10.6 Å². The molecule has 0 radical (unpaired) electrons. The van der Waals surface area contributed by atoms with E-state index in [0.29, 0.717) is 17.1 Å². The minimum absolute atomic E-state index is 0.236. The lowest BCUT2D eigenvalue weighted by atomic mass is 10.1. The van der Waals surface area contributed by atoms with Gasteiger partial charge in [-0.15, -0.1) is 0 Å². The third kappa shape index (κ3) is 3.38. The van der Waals surface area contributed by atoms with Crippen molar-refractivity contribution < 1.29 is 9.59 Å². The molecular formula is C14H14N4O2. The summed E-state index contributed by atoms with van der Waals surface area (Å²) >= 11 is 0. The van der Waals surface area contributed by atoms with E-state index in [4.69, 9.17) is 0 Å². The molecule has 2 aromatic rings. The second kappa shape index (κ2) is 5.92. The Morgan fingerprint density at radius 1 is 1.05 bits per heavy atom. The topological polar surface area (TPSA) is 84.0 Å². The smallest absolute Gasteiger partial charge is 0.258 e. The van der Waals surface area contributed by atoms with Crippen LogP contribution in [0.2, 0.25) is 0 Å². The zero-order valence-corrected chi connectivity index (χ0v) is 11.2. The number of benzene rings is 1. The molecule has 2 amide bonds. The maximum absolute atomic E-state index is 12.2. The van der Waals surface area contributed by atoms with Gasteiger partial charge in [0.25, 0.3) is 5.91 Å². The lowest BCUT2D eigenvalue weighted by Gasteiger charge is -2.09. The van der Waals surface area contributed by atoms with Crippen LogP contribution in [-0.2, 0) is 4.79 Å². The normalized spacial score (nSPS) is 9.90. The van der Waals surface area contributed by atoms with Crippen LogP contribution in [0.4, 0.5) is 11.5 Å². The van der Waals surface area contributed by atoms with Crippen molar-refractivity contribution in [3.63, 3.8) is 0 Å². The van der Waals surface area contributed by atoms with Crippen LogP contribution in [0.3, 0.4) is 0 Å². The second-order valence-electron chi connectivity index (χ2n) is 4.22. The fraction of sp³-hybridized carbons (Fsp3) is 0.143. The van der Waals surface area contributed by atoms with Gasteiger partial charge in [0.2, 0.25) is 5.91 Å². The molecular weight excluding hydrogens is 256 g/mol. The lowest BCUT2D eigenvalue weighted by molar-refractivity contribution is -0.114. The molecule has 0 unspecified atom stereocenters. The van der Waals surface area contributed by atoms with E-state index in [1.54, 1.807) is 30.5 Å². The van der Waals surface area contributed by atoms with Crippen molar-refractivity contribution in [2.45, 2.75) is 13.8 Å². The molecule has 102 valence electrons. The largest absolute Gasteiger partial charge is 0.326 e. The number of amides is 2. The lowest BCUT2D eigenvalue weighted by Crippen LogP contribution is -2.17. The van der Waals surface area contributed by atoms with Gasteiger partial charge in [-0.1, -0.05) is 12.1 Å². The molecule has 0 saturated carbocycles. The van der Waals surface area contributed by atoms with E-state index in [-0.39, 0.29) is 11.8 Å². The SMILES string of the molecule is CC(=O)Nc1ccccc1C(=O)Nc1cnc(C)cn1. The number of nitrogens with one attached hydrogen (secondary N) is 2. The van der Waals surface area contributed by atoms with Gasteiger partial charge in [0.05, 0.1) is 29.3 Å². The minimum Gasteiger partial charge on any atom is -0.326 e. The third-order valence-corrected chi connectivity index (χ3v) is 2.50.